The van der Waals surface area contributed by atoms with Crippen LogP contribution in [0.3, 0.4) is 0 Å². The fraction of sp³-hybridized carbons (Fsp3) is 0.500. The number of carbonyl (C=O) groups excluding carboxylic acids is 1. The first-order chi connectivity index (χ1) is 9.26. The zero-order valence-electron chi connectivity index (χ0n) is 11.2. The SMILES string of the molecule is CCOC(OCC)C(=O)c1ccc2c(c1)OCCO2. The quantitative estimate of drug-likeness (QED) is 0.582. The van der Waals surface area contributed by atoms with Crippen LogP contribution >= 0.6 is 0 Å². The van der Waals surface area contributed by atoms with Gasteiger partial charge in [-0.1, -0.05) is 0 Å². The summed E-state index contributed by atoms with van der Waals surface area (Å²) >= 11 is 0. The molecule has 5 heteroatoms. The Morgan fingerprint density at radius 1 is 1.16 bits per heavy atom. The van der Waals surface area contributed by atoms with Gasteiger partial charge in [0, 0.05) is 18.8 Å². The molecule has 0 N–H and O–H groups in total. The number of ether oxygens (including phenoxy) is 4. The molecule has 2 rings (SSSR count). The average molecular weight is 266 g/mol. The zero-order chi connectivity index (χ0) is 13.7. The number of fused-ring (bicyclic) bond motifs is 1. The van der Waals surface area contributed by atoms with E-state index in [0.717, 1.165) is 0 Å². The number of hydrogen-bond acceptors (Lipinski definition) is 5. The average Bonchev–Trinajstić information content (AvgIpc) is 2.46. The summed E-state index contributed by atoms with van der Waals surface area (Å²) in [5.41, 5.74) is 0.496. The lowest BCUT2D eigenvalue weighted by molar-refractivity contribution is -0.107. The minimum absolute atomic E-state index is 0.208. The predicted octanol–water partition coefficient (Wildman–Crippen LogP) is 2.04. The van der Waals surface area contributed by atoms with Gasteiger partial charge in [-0.15, -0.1) is 0 Å². The summed E-state index contributed by atoms with van der Waals surface area (Å²) in [6, 6.07) is 5.10. The molecule has 0 amide bonds. The molecule has 1 aliphatic rings. The minimum atomic E-state index is -0.863. The molecule has 0 atom stereocenters. The maximum atomic E-state index is 12.3. The largest absolute Gasteiger partial charge is 0.486 e. The smallest absolute Gasteiger partial charge is 0.222 e. The molecule has 0 aliphatic carbocycles. The van der Waals surface area contributed by atoms with Crippen LogP contribution in [0.25, 0.3) is 0 Å². The van der Waals surface area contributed by atoms with E-state index < -0.39 is 6.29 Å². The molecule has 0 spiro atoms. The van der Waals surface area contributed by atoms with E-state index in [9.17, 15) is 4.79 Å². The molecule has 1 aromatic carbocycles. The second kappa shape index (κ2) is 6.54. The Morgan fingerprint density at radius 3 is 2.42 bits per heavy atom. The molecular weight excluding hydrogens is 248 g/mol. The summed E-state index contributed by atoms with van der Waals surface area (Å²) in [6.45, 7) is 5.50. The van der Waals surface area contributed by atoms with Crippen LogP contribution in [0.5, 0.6) is 11.5 Å². The van der Waals surface area contributed by atoms with Crippen LogP contribution in [0, 0.1) is 0 Å². The van der Waals surface area contributed by atoms with Gasteiger partial charge in [0.15, 0.2) is 11.5 Å². The minimum Gasteiger partial charge on any atom is -0.486 e. The van der Waals surface area contributed by atoms with Gasteiger partial charge in [-0.25, -0.2) is 0 Å². The number of benzene rings is 1. The van der Waals surface area contributed by atoms with Crippen LogP contribution in [0.15, 0.2) is 18.2 Å². The molecule has 0 radical (unpaired) electrons. The van der Waals surface area contributed by atoms with Crippen molar-refractivity contribution in [1.82, 2.24) is 0 Å². The summed E-state index contributed by atoms with van der Waals surface area (Å²) in [6.07, 6.45) is -0.863. The Bertz CT molecular complexity index is 437. The van der Waals surface area contributed by atoms with E-state index in [1.807, 2.05) is 13.8 Å². The van der Waals surface area contributed by atoms with Crippen molar-refractivity contribution in [3.05, 3.63) is 23.8 Å². The molecule has 0 fully saturated rings. The zero-order valence-corrected chi connectivity index (χ0v) is 11.2. The Labute approximate surface area is 112 Å². The Hall–Kier alpha value is -1.59. The fourth-order valence-electron chi connectivity index (χ4n) is 1.83. The molecule has 0 bridgehead atoms. The van der Waals surface area contributed by atoms with Crippen molar-refractivity contribution in [2.45, 2.75) is 20.1 Å². The van der Waals surface area contributed by atoms with E-state index in [1.54, 1.807) is 18.2 Å². The van der Waals surface area contributed by atoms with Gasteiger partial charge in [0.05, 0.1) is 0 Å². The van der Waals surface area contributed by atoms with Crippen LogP contribution in [0.4, 0.5) is 0 Å². The number of rotatable bonds is 6. The van der Waals surface area contributed by atoms with Crippen LogP contribution in [0.1, 0.15) is 24.2 Å². The third-order valence-electron chi connectivity index (χ3n) is 2.68. The summed E-state index contributed by atoms with van der Waals surface area (Å²) < 4.78 is 21.5. The Kier molecular flexibility index (Phi) is 4.76. The van der Waals surface area contributed by atoms with Gasteiger partial charge in [0.25, 0.3) is 0 Å². The van der Waals surface area contributed by atoms with Crippen molar-refractivity contribution in [2.24, 2.45) is 0 Å². The summed E-state index contributed by atoms with van der Waals surface area (Å²) in [4.78, 5) is 12.3. The Morgan fingerprint density at radius 2 is 1.79 bits per heavy atom. The van der Waals surface area contributed by atoms with Crippen molar-refractivity contribution >= 4 is 5.78 Å². The Balaban J connectivity index is 2.17. The molecule has 19 heavy (non-hydrogen) atoms. The summed E-state index contributed by atoms with van der Waals surface area (Å²) in [7, 11) is 0. The van der Waals surface area contributed by atoms with Crippen molar-refractivity contribution in [2.75, 3.05) is 26.4 Å². The fourth-order valence-corrected chi connectivity index (χ4v) is 1.83. The van der Waals surface area contributed by atoms with Crippen molar-refractivity contribution < 1.29 is 23.7 Å². The molecule has 0 saturated carbocycles. The third kappa shape index (κ3) is 3.24. The first-order valence-electron chi connectivity index (χ1n) is 6.43. The third-order valence-corrected chi connectivity index (χ3v) is 2.68. The predicted molar refractivity (Wildman–Crippen MR) is 68.8 cm³/mol. The van der Waals surface area contributed by atoms with E-state index in [-0.39, 0.29) is 5.78 Å². The highest BCUT2D eigenvalue weighted by molar-refractivity contribution is 5.99. The molecule has 5 nitrogen and oxygen atoms in total. The van der Waals surface area contributed by atoms with E-state index in [4.69, 9.17) is 18.9 Å². The molecule has 0 saturated heterocycles. The lowest BCUT2D eigenvalue weighted by Crippen LogP contribution is -2.28. The van der Waals surface area contributed by atoms with Gasteiger partial charge in [-0.05, 0) is 32.0 Å². The van der Waals surface area contributed by atoms with E-state index in [0.29, 0.717) is 43.5 Å². The lowest BCUT2D eigenvalue weighted by atomic mass is 10.1. The molecule has 0 aromatic heterocycles. The molecule has 0 unspecified atom stereocenters. The molecule has 1 aliphatic heterocycles. The van der Waals surface area contributed by atoms with Gasteiger partial charge in [0.2, 0.25) is 12.1 Å². The first kappa shape index (κ1) is 13.8. The highest BCUT2D eigenvalue weighted by Gasteiger charge is 2.23. The van der Waals surface area contributed by atoms with E-state index in [2.05, 4.69) is 0 Å². The second-order valence-corrected chi connectivity index (χ2v) is 3.97. The van der Waals surface area contributed by atoms with E-state index >= 15 is 0 Å². The standard InChI is InChI=1S/C14H18O5/c1-3-16-14(17-4-2)13(15)10-5-6-11-12(9-10)19-8-7-18-11/h5-6,9,14H,3-4,7-8H2,1-2H3. The summed E-state index contributed by atoms with van der Waals surface area (Å²) in [5.74, 6) is 1.04. The van der Waals surface area contributed by atoms with Gasteiger partial charge in [-0.2, -0.15) is 0 Å². The van der Waals surface area contributed by atoms with Gasteiger partial charge < -0.3 is 18.9 Å². The lowest BCUT2D eigenvalue weighted by Gasteiger charge is -2.20. The van der Waals surface area contributed by atoms with Gasteiger partial charge in [-0.3, -0.25) is 4.79 Å². The maximum Gasteiger partial charge on any atom is 0.222 e. The molecule has 1 aromatic rings. The number of ketones is 1. The monoisotopic (exact) mass is 266 g/mol. The van der Waals surface area contributed by atoms with Crippen LogP contribution in [-0.2, 0) is 9.47 Å². The molecule has 104 valence electrons. The van der Waals surface area contributed by atoms with Gasteiger partial charge in [0.1, 0.15) is 13.2 Å². The second-order valence-electron chi connectivity index (χ2n) is 3.97. The number of Topliss-reactive ketones (excluding diaryl/α,β-unsaturated/α-hetero) is 1. The van der Waals surface area contributed by atoms with Crippen molar-refractivity contribution in [1.29, 1.82) is 0 Å². The van der Waals surface area contributed by atoms with E-state index in [1.165, 1.54) is 0 Å². The topological polar surface area (TPSA) is 54.0 Å². The summed E-state index contributed by atoms with van der Waals surface area (Å²) in [5, 5.41) is 0. The maximum absolute atomic E-state index is 12.3. The number of hydrogen-bond donors (Lipinski definition) is 0. The van der Waals surface area contributed by atoms with Crippen molar-refractivity contribution in [3.8, 4) is 11.5 Å². The highest BCUT2D eigenvalue weighted by Crippen LogP contribution is 2.31. The van der Waals surface area contributed by atoms with Crippen LogP contribution < -0.4 is 9.47 Å². The normalized spacial score (nSPS) is 13.6. The highest BCUT2D eigenvalue weighted by atomic mass is 16.7. The first-order valence-corrected chi connectivity index (χ1v) is 6.43. The van der Waals surface area contributed by atoms with Gasteiger partial charge >= 0.3 is 0 Å². The number of carbonyl (C=O) groups is 1. The molecule has 1 heterocycles. The molecular formula is C14H18O5. The van der Waals surface area contributed by atoms with Crippen LogP contribution in [-0.4, -0.2) is 38.5 Å². The van der Waals surface area contributed by atoms with Crippen LogP contribution in [0.2, 0.25) is 0 Å². The van der Waals surface area contributed by atoms with Crippen molar-refractivity contribution in [3.63, 3.8) is 0 Å².